The lowest BCUT2D eigenvalue weighted by Crippen LogP contribution is -2.50. The Hall–Kier alpha value is -2.68. The minimum absolute atomic E-state index is 0.261. The van der Waals surface area contributed by atoms with Crippen molar-refractivity contribution in [2.45, 2.75) is 53.0 Å². The maximum absolute atomic E-state index is 13.3. The van der Waals surface area contributed by atoms with Gasteiger partial charge in [-0.2, -0.15) is 0 Å². The molecule has 9 nitrogen and oxygen atoms in total. The molecule has 0 radical (unpaired) electrons. The van der Waals surface area contributed by atoms with Crippen molar-refractivity contribution in [3.05, 3.63) is 23.4 Å². The Bertz CT molecular complexity index is 813. The smallest absolute Gasteiger partial charge is 0.417 e. The molecular formula is C23H36N4O5. The molecule has 178 valence electrons. The van der Waals surface area contributed by atoms with Crippen LogP contribution in [0.1, 0.15) is 57.0 Å². The van der Waals surface area contributed by atoms with E-state index in [1.807, 2.05) is 6.07 Å². The quantitative estimate of drug-likeness (QED) is 0.588. The van der Waals surface area contributed by atoms with Gasteiger partial charge >= 0.3 is 12.1 Å². The van der Waals surface area contributed by atoms with Crippen LogP contribution >= 0.6 is 0 Å². The number of imide groups is 1. The number of carbonyl (C=O) groups excluding carboxylic acids is 3. The molecule has 1 aliphatic heterocycles. The number of hydrogen-bond donors (Lipinski definition) is 0. The van der Waals surface area contributed by atoms with E-state index in [1.165, 1.54) is 14.0 Å². The first-order chi connectivity index (χ1) is 15.1. The number of rotatable bonds is 7. The van der Waals surface area contributed by atoms with Crippen molar-refractivity contribution in [2.24, 2.45) is 0 Å². The third kappa shape index (κ3) is 6.66. The fourth-order valence-corrected chi connectivity index (χ4v) is 3.72. The number of ether oxygens (including phenoxy) is 2. The van der Waals surface area contributed by atoms with Crippen LogP contribution in [-0.2, 0) is 20.7 Å². The van der Waals surface area contributed by atoms with Gasteiger partial charge in [-0.25, -0.2) is 14.7 Å². The zero-order valence-electron chi connectivity index (χ0n) is 20.1. The Balaban J connectivity index is 2.17. The molecule has 0 saturated carbocycles. The maximum atomic E-state index is 13.3. The molecule has 0 aromatic carbocycles. The second-order valence-corrected chi connectivity index (χ2v) is 8.90. The molecule has 1 saturated heterocycles. The van der Waals surface area contributed by atoms with Gasteiger partial charge in [0.05, 0.1) is 12.7 Å². The number of anilines is 1. The van der Waals surface area contributed by atoms with E-state index in [9.17, 15) is 14.4 Å². The van der Waals surface area contributed by atoms with Crippen molar-refractivity contribution in [1.82, 2.24) is 14.8 Å². The summed E-state index contributed by atoms with van der Waals surface area (Å²) >= 11 is 0. The second kappa shape index (κ2) is 11.3. The van der Waals surface area contributed by atoms with Gasteiger partial charge in [0.25, 0.3) is 5.91 Å². The second-order valence-electron chi connectivity index (χ2n) is 8.90. The molecule has 0 N–H and O–H groups in total. The minimum atomic E-state index is -0.727. The van der Waals surface area contributed by atoms with Crippen LogP contribution in [0.2, 0.25) is 0 Å². The lowest BCUT2D eigenvalue weighted by Gasteiger charge is -2.36. The van der Waals surface area contributed by atoms with Crippen LogP contribution in [0.5, 0.6) is 0 Å². The Morgan fingerprint density at radius 2 is 1.81 bits per heavy atom. The van der Waals surface area contributed by atoms with E-state index in [4.69, 9.17) is 9.47 Å². The van der Waals surface area contributed by atoms with Gasteiger partial charge < -0.3 is 14.4 Å². The average molecular weight is 449 g/mol. The van der Waals surface area contributed by atoms with Gasteiger partial charge in [-0.15, -0.1) is 0 Å². The third-order valence-electron chi connectivity index (χ3n) is 5.37. The third-order valence-corrected chi connectivity index (χ3v) is 5.37. The summed E-state index contributed by atoms with van der Waals surface area (Å²) in [6, 6.07) is 1.96. The molecule has 9 heteroatoms. The van der Waals surface area contributed by atoms with Crippen LogP contribution in [0.3, 0.4) is 0 Å². The summed E-state index contributed by atoms with van der Waals surface area (Å²) < 4.78 is 9.88. The molecule has 2 rings (SSSR count). The van der Waals surface area contributed by atoms with E-state index < -0.39 is 17.5 Å². The summed E-state index contributed by atoms with van der Waals surface area (Å²) in [7, 11) is 1.27. The average Bonchev–Trinajstić information content (AvgIpc) is 2.73. The molecule has 0 aliphatic carbocycles. The van der Waals surface area contributed by atoms with Crippen molar-refractivity contribution in [3.8, 4) is 0 Å². The molecule has 32 heavy (non-hydrogen) atoms. The van der Waals surface area contributed by atoms with Gasteiger partial charge in [0, 0.05) is 51.4 Å². The SMILES string of the molecule is CCCc1cc(N2CCN(CCOC(C)=O)CC2)ncc1C(=O)N(C(=O)OC)C(C)(C)C. The number of esters is 1. The van der Waals surface area contributed by atoms with Crippen molar-refractivity contribution in [1.29, 1.82) is 0 Å². The molecule has 0 atom stereocenters. The van der Waals surface area contributed by atoms with Gasteiger partial charge in [-0.05, 0) is 38.8 Å². The fourth-order valence-electron chi connectivity index (χ4n) is 3.72. The number of hydrogen-bond acceptors (Lipinski definition) is 8. The molecule has 1 fully saturated rings. The van der Waals surface area contributed by atoms with Gasteiger partial charge in [0.2, 0.25) is 0 Å². The van der Waals surface area contributed by atoms with E-state index in [-0.39, 0.29) is 5.97 Å². The van der Waals surface area contributed by atoms with Crippen molar-refractivity contribution >= 4 is 23.8 Å². The highest BCUT2D eigenvalue weighted by atomic mass is 16.5. The van der Waals surface area contributed by atoms with Gasteiger partial charge in [-0.1, -0.05) is 13.3 Å². The molecule has 1 aliphatic rings. The number of amides is 2. The zero-order valence-corrected chi connectivity index (χ0v) is 20.1. The summed E-state index contributed by atoms with van der Waals surface area (Å²) in [6.45, 7) is 13.2. The van der Waals surface area contributed by atoms with Crippen molar-refractivity contribution < 1.29 is 23.9 Å². The summed E-state index contributed by atoms with van der Waals surface area (Å²) in [5, 5.41) is 0. The molecular weight excluding hydrogens is 412 g/mol. The van der Waals surface area contributed by atoms with E-state index in [1.54, 1.807) is 27.0 Å². The van der Waals surface area contributed by atoms with Crippen molar-refractivity contribution in [2.75, 3.05) is 51.3 Å². The number of nitrogens with zero attached hydrogens (tertiary/aromatic N) is 4. The van der Waals surface area contributed by atoms with Gasteiger partial charge in [0.15, 0.2) is 0 Å². The molecule has 2 heterocycles. The highest BCUT2D eigenvalue weighted by Crippen LogP contribution is 2.24. The van der Waals surface area contributed by atoms with Crippen LogP contribution < -0.4 is 4.90 Å². The van der Waals surface area contributed by atoms with Crippen molar-refractivity contribution in [3.63, 3.8) is 0 Å². The van der Waals surface area contributed by atoms with Crippen LogP contribution in [0, 0.1) is 0 Å². The number of methoxy groups -OCH3 is 1. The predicted molar refractivity (Wildman–Crippen MR) is 122 cm³/mol. The number of pyridine rings is 1. The Morgan fingerprint density at radius 3 is 2.34 bits per heavy atom. The molecule has 1 aromatic heterocycles. The highest BCUT2D eigenvalue weighted by molar-refractivity contribution is 6.04. The van der Waals surface area contributed by atoms with E-state index >= 15 is 0 Å². The summed E-state index contributed by atoms with van der Waals surface area (Å²) in [5.41, 5.74) is 0.572. The monoisotopic (exact) mass is 448 g/mol. The van der Waals surface area contributed by atoms with E-state index in [2.05, 4.69) is 21.7 Å². The molecule has 0 bridgehead atoms. The van der Waals surface area contributed by atoms with Gasteiger partial charge in [-0.3, -0.25) is 14.5 Å². The molecule has 0 spiro atoms. The maximum Gasteiger partial charge on any atom is 0.417 e. The van der Waals surface area contributed by atoms with Crippen LogP contribution in [-0.4, -0.2) is 84.7 Å². The normalized spacial score (nSPS) is 14.8. The highest BCUT2D eigenvalue weighted by Gasteiger charge is 2.35. The largest absolute Gasteiger partial charge is 0.465 e. The van der Waals surface area contributed by atoms with Crippen LogP contribution in [0.15, 0.2) is 12.3 Å². The van der Waals surface area contributed by atoms with E-state index in [0.29, 0.717) is 25.1 Å². The number of aromatic nitrogens is 1. The predicted octanol–water partition coefficient (Wildman–Crippen LogP) is 2.73. The first-order valence-corrected chi connectivity index (χ1v) is 11.1. The summed E-state index contributed by atoms with van der Waals surface area (Å²) in [5.74, 6) is 0.162. The molecule has 1 aromatic rings. The lowest BCUT2D eigenvalue weighted by atomic mass is 10.0. The summed E-state index contributed by atoms with van der Waals surface area (Å²) in [6.07, 6.45) is 2.47. The Kier molecular flexibility index (Phi) is 9.00. The summed E-state index contributed by atoms with van der Waals surface area (Å²) in [4.78, 5) is 46.7. The first-order valence-electron chi connectivity index (χ1n) is 11.1. The fraction of sp³-hybridized carbons (Fsp3) is 0.652. The number of carbonyl (C=O) groups is 3. The zero-order chi connectivity index (χ0) is 23.9. The molecule has 0 unspecified atom stereocenters. The Morgan fingerprint density at radius 1 is 1.16 bits per heavy atom. The minimum Gasteiger partial charge on any atom is -0.465 e. The topological polar surface area (TPSA) is 92.3 Å². The standard InChI is InChI=1S/C23H36N4O5/c1-7-8-18-15-20(26-11-9-25(10-12-26)13-14-32-17(2)28)24-16-19(18)21(29)27(22(30)31-6)23(3,4)5/h15-16H,7-14H2,1-6H3. The number of piperazine rings is 1. The Labute approximate surface area is 190 Å². The first kappa shape index (κ1) is 25.6. The number of aryl methyl sites for hydroxylation is 1. The van der Waals surface area contributed by atoms with Crippen LogP contribution in [0.4, 0.5) is 10.6 Å². The van der Waals surface area contributed by atoms with Crippen LogP contribution in [0.25, 0.3) is 0 Å². The van der Waals surface area contributed by atoms with E-state index in [0.717, 1.165) is 48.9 Å². The lowest BCUT2D eigenvalue weighted by molar-refractivity contribution is -0.141. The molecule has 2 amide bonds. The van der Waals surface area contributed by atoms with Gasteiger partial charge in [0.1, 0.15) is 12.4 Å².